The molecule has 2 aromatic rings. The number of hydrogen-bond acceptors (Lipinski definition) is 5. The molecule has 1 amide bonds. The van der Waals surface area contributed by atoms with Crippen LogP contribution in [0, 0.1) is 0 Å². The predicted molar refractivity (Wildman–Crippen MR) is 91.0 cm³/mol. The van der Waals surface area contributed by atoms with Gasteiger partial charge in [0.2, 0.25) is 0 Å². The van der Waals surface area contributed by atoms with E-state index in [-0.39, 0.29) is 23.4 Å². The van der Waals surface area contributed by atoms with Crippen molar-refractivity contribution in [2.75, 3.05) is 0 Å². The second-order valence-corrected chi connectivity index (χ2v) is 8.33. The molecule has 2 aliphatic rings. The van der Waals surface area contributed by atoms with Gasteiger partial charge in [0, 0.05) is 30.7 Å². The molecule has 0 radical (unpaired) electrons. The largest absolute Gasteiger partial charge is 0.331 e. The molecule has 0 saturated carbocycles. The summed E-state index contributed by atoms with van der Waals surface area (Å²) in [5, 5.41) is 16.6. The average molecular weight is 343 g/mol. The van der Waals surface area contributed by atoms with Crippen LogP contribution in [-0.2, 0) is 12.5 Å². The Bertz CT molecular complexity index is 773. The minimum Gasteiger partial charge on any atom is -0.331 e. The van der Waals surface area contributed by atoms with Crippen LogP contribution in [0.15, 0.2) is 12.4 Å². The highest BCUT2D eigenvalue weighted by Gasteiger charge is 2.45. The van der Waals surface area contributed by atoms with Crippen LogP contribution in [0.3, 0.4) is 0 Å². The molecule has 2 fully saturated rings. The van der Waals surface area contributed by atoms with E-state index in [4.69, 9.17) is 0 Å². The highest BCUT2D eigenvalue weighted by molar-refractivity contribution is 5.92. The molecule has 4 rings (SSSR count). The van der Waals surface area contributed by atoms with Crippen molar-refractivity contribution < 1.29 is 4.79 Å². The molecule has 2 saturated heterocycles. The van der Waals surface area contributed by atoms with Crippen LogP contribution in [0.4, 0.5) is 0 Å². The van der Waals surface area contributed by atoms with Crippen LogP contribution in [0.25, 0.3) is 0 Å². The van der Waals surface area contributed by atoms with Crippen LogP contribution in [-0.4, -0.2) is 52.9 Å². The quantitative estimate of drug-likeness (QED) is 0.829. The van der Waals surface area contributed by atoms with E-state index in [0.29, 0.717) is 11.7 Å². The van der Waals surface area contributed by atoms with E-state index in [1.54, 1.807) is 17.9 Å². The highest BCUT2D eigenvalue weighted by Crippen LogP contribution is 2.41. The van der Waals surface area contributed by atoms with Crippen molar-refractivity contribution in [3.05, 3.63) is 23.8 Å². The fourth-order valence-electron chi connectivity index (χ4n) is 4.07. The molecule has 2 atom stereocenters. The van der Waals surface area contributed by atoms with E-state index < -0.39 is 0 Å². The van der Waals surface area contributed by atoms with E-state index in [1.807, 2.05) is 9.58 Å². The van der Waals surface area contributed by atoms with Crippen LogP contribution < -0.4 is 0 Å². The first-order valence-corrected chi connectivity index (χ1v) is 8.94. The Labute approximate surface area is 147 Å². The van der Waals surface area contributed by atoms with E-state index >= 15 is 0 Å². The zero-order valence-electron chi connectivity index (χ0n) is 15.3. The number of nitrogens with zero attached hydrogens (tertiary/aromatic N) is 7. The summed E-state index contributed by atoms with van der Waals surface area (Å²) in [6.45, 7) is 6.44. The first-order chi connectivity index (χ1) is 11.8. The van der Waals surface area contributed by atoms with Gasteiger partial charge in [-0.15, -0.1) is 10.2 Å². The number of piperidine rings is 1. The first kappa shape index (κ1) is 16.2. The molecule has 134 valence electrons. The van der Waals surface area contributed by atoms with Gasteiger partial charge in [-0.05, 0) is 25.7 Å². The molecule has 8 nitrogen and oxygen atoms in total. The Kier molecular flexibility index (Phi) is 3.66. The number of carbonyl (C=O) groups excluding carboxylic acids is 1. The Balaban J connectivity index is 1.52. The van der Waals surface area contributed by atoms with Crippen molar-refractivity contribution in [1.82, 2.24) is 34.9 Å². The van der Waals surface area contributed by atoms with E-state index in [2.05, 4.69) is 47.6 Å². The normalized spacial score (nSPS) is 26.2. The van der Waals surface area contributed by atoms with Gasteiger partial charge in [-0.2, -0.15) is 0 Å². The van der Waals surface area contributed by atoms with E-state index in [9.17, 15) is 4.79 Å². The minimum absolute atomic E-state index is 0.000120. The monoisotopic (exact) mass is 343 g/mol. The summed E-state index contributed by atoms with van der Waals surface area (Å²) in [6, 6.07) is 0.813. The topological polar surface area (TPSA) is 81.7 Å². The molecular weight excluding hydrogens is 318 g/mol. The molecule has 8 heteroatoms. The summed E-state index contributed by atoms with van der Waals surface area (Å²) < 4.78 is 3.58. The summed E-state index contributed by atoms with van der Waals surface area (Å²) in [5.41, 5.74) is 1.45. The molecule has 2 unspecified atom stereocenters. The second-order valence-electron chi connectivity index (χ2n) is 8.33. The standard InChI is InChI=1S/C17H25N7O/c1-17(2,3)15-10-23(21-19-15)13-7-11-5-6-12(8-13)24(11)16(25)14-9-22(4)20-18-14/h9-13H,5-8H2,1-4H3. The molecule has 0 aromatic carbocycles. The van der Waals surface area contributed by atoms with Gasteiger partial charge in [-0.25, -0.2) is 4.68 Å². The maximum absolute atomic E-state index is 12.8. The molecule has 4 heterocycles. The maximum atomic E-state index is 12.8. The Morgan fingerprint density at radius 1 is 1.04 bits per heavy atom. The molecule has 2 aliphatic heterocycles. The third kappa shape index (κ3) is 2.83. The molecule has 0 aliphatic carbocycles. The van der Waals surface area contributed by atoms with Gasteiger partial charge < -0.3 is 4.90 Å². The lowest BCUT2D eigenvalue weighted by molar-refractivity contribution is 0.0516. The Hall–Kier alpha value is -2.25. The number of amides is 1. The lowest BCUT2D eigenvalue weighted by Crippen LogP contribution is -2.47. The minimum atomic E-state index is -0.000120. The number of rotatable bonds is 2. The molecule has 25 heavy (non-hydrogen) atoms. The van der Waals surface area contributed by atoms with Crippen LogP contribution >= 0.6 is 0 Å². The van der Waals surface area contributed by atoms with Crippen molar-refractivity contribution >= 4 is 5.91 Å². The van der Waals surface area contributed by atoms with Crippen LogP contribution in [0.2, 0.25) is 0 Å². The van der Waals surface area contributed by atoms with Crippen molar-refractivity contribution in [2.45, 2.75) is 70.0 Å². The maximum Gasteiger partial charge on any atom is 0.276 e. The number of aromatic nitrogens is 6. The van der Waals surface area contributed by atoms with Gasteiger partial charge in [0.25, 0.3) is 5.91 Å². The third-order valence-electron chi connectivity index (χ3n) is 5.42. The number of carbonyl (C=O) groups is 1. The lowest BCUT2D eigenvalue weighted by Gasteiger charge is -2.38. The smallest absolute Gasteiger partial charge is 0.276 e. The zero-order valence-corrected chi connectivity index (χ0v) is 15.3. The SMILES string of the molecule is Cn1cc(C(=O)N2C3CCC2CC(n2cc(C(C)(C)C)nn2)C3)nn1. The fraction of sp³-hybridized carbons (Fsp3) is 0.706. The Morgan fingerprint density at radius 3 is 2.24 bits per heavy atom. The molecule has 2 bridgehead atoms. The van der Waals surface area contributed by atoms with Crippen LogP contribution in [0.1, 0.15) is 68.7 Å². The Morgan fingerprint density at radius 2 is 1.72 bits per heavy atom. The van der Waals surface area contributed by atoms with E-state index in [0.717, 1.165) is 31.4 Å². The average Bonchev–Trinajstić information content (AvgIpc) is 3.24. The van der Waals surface area contributed by atoms with Crippen molar-refractivity contribution in [3.8, 4) is 0 Å². The van der Waals surface area contributed by atoms with Gasteiger partial charge in [-0.1, -0.05) is 31.2 Å². The van der Waals surface area contributed by atoms with Crippen molar-refractivity contribution in [1.29, 1.82) is 0 Å². The number of hydrogen-bond donors (Lipinski definition) is 0. The number of aryl methyl sites for hydroxylation is 1. The van der Waals surface area contributed by atoms with Crippen LogP contribution in [0.5, 0.6) is 0 Å². The van der Waals surface area contributed by atoms with Gasteiger partial charge >= 0.3 is 0 Å². The summed E-state index contributed by atoms with van der Waals surface area (Å²) >= 11 is 0. The molecule has 0 spiro atoms. The second kappa shape index (κ2) is 5.64. The van der Waals surface area contributed by atoms with Gasteiger partial charge in [0.1, 0.15) is 0 Å². The highest BCUT2D eigenvalue weighted by atomic mass is 16.2. The van der Waals surface area contributed by atoms with Crippen molar-refractivity contribution in [3.63, 3.8) is 0 Å². The summed E-state index contributed by atoms with van der Waals surface area (Å²) in [5.74, 6) is 0.00743. The molecule has 0 N–H and O–H groups in total. The number of fused-ring (bicyclic) bond motifs is 2. The van der Waals surface area contributed by atoms with Gasteiger partial charge in [-0.3, -0.25) is 9.48 Å². The zero-order chi connectivity index (χ0) is 17.8. The summed E-state index contributed by atoms with van der Waals surface area (Å²) in [7, 11) is 1.78. The summed E-state index contributed by atoms with van der Waals surface area (Å²) in [4.78, 5) is 14.9. The molecular formula is C17H25N7O. The fourth-order valence-corrected chi connectivity index (χ4v) is 4.07. The van der Waals surface area contributed by atoms with E-state index in [1.165, 1.54) is 0 Å². The predicted octanol–water partition coefficient (Wildman–Crippen LogP) is 1.71. The van der Waals surface area contributed by atoms with Crippen molar-refractivity contribution in [2.24, 2.45) is 7.05 Å². The molecule has 2 aromatic heterocycles. The third-order valence-corrected chi connectivity index (χ3v) is 5.42. The summed E-state index contributed by atoms with van der Waals surface area (Å²) in [6.07, 6.45) is 7.72. The van der Waals surface area contributed by atoms with Gasteiger partial charge in [0.15, 0.2) is 5.69 Å². The van der Waals surface area contributed by atoms with Gasteiger partial charge in [0.05, 0.1) is 17.9 Å². The first-order valence-electron chi connectivity index (χ1n) is 8.94. The lowest BCUT2D eigenvalue weighted by atomic mass is 9.93.